The van der Waals surface area contributed by atoms with Gasteiger partial charge in [-0.05, 0) is 54.0 Å². The first-order chi connectivity index (χ1) is 16.2. The Morgan fingerprint density at radius 2 is 1.82 bits per heavy atom. The number of hydrogen-bond acceptors (Lipinski definition) is 8. The molecule has 33 heavy (non-hydrogen) atoms. The number of amides is 1. The second kappa shape index (κ2) is 9.62. The first-order valence-electron chi connectivity index (χ1n) is 11.5. The minimum atomic E-state index is 0.0500. The Morgan fingerprint density at radius 1 is 1.06 bits per heavy atom. The molecule has 3 aromatic rings. The molecule has 2 aliphatic rings. The Morgan fingerprint density at radius 3 is 2.48 bits per heavy atom. The maximum atomic E-state index is 13.0. The molecule has 0 atom stereocenters. The number of rotatable bonds is 5. The summed E-state index contributed by atoms with van der Waals surface area (Å²) in [5, 5.41) is 11.2. The number of likely N-dealkylation sites (tertiary alicyclic amines) is 1. The lowest BCUT2D eigenvalue weighted by molar-refractivity contribution is 0.0711. The van der Waals surface area contributed by atoms with Crippen LogP contribution in [0.5, 0.6) is 0 Å². The zero-order chi connectivity index (χ0) is 22.6. The number of aromatic nitrogens is 6. The van der Waals surface area contributed by atoms with Crippen molar-refractivity contribution >= 4 is 11.7 Å². The van der Waals surface area contributed by atoms with Crippen LogP contribution in [0.2, 0.25) is 0 Å². The molecule has 4 heterocycles. The maximum absolute atomic E-state index is 13.0. The summed E-state index contributed by atoms with van der Waals surface area (Å²) in [6.45, 7) is 6.71. The van der Waals surface area contributed by atoms with E-state index in [1.165, 1.54) is 6.33 Å². The highest BCUT2D eigenvalue weighted by Gasteiger charge is 2.27. The van der Waals surface area contributed by atoms with Crippen molar-refractivity contribution in [2.75, 3.05) is 44.3 Å². The van der Waals surface area contributed by atoms with Gasteiger partial charge in [0, 0.05) is 49.4 Å². The van der Waals surface area contributed by atoms with Gasteiger partial charge in [0.2, 0.25) is 0 Å². The van der Waals surface area contributed by atoms with Crippen molar-refractivity contribution in [2.45, 2.75) is 32.1 Å². The Kier molecular flexibility index (Phi) is 6.25. The largest absolute Gasteiger partial charge is 0.378 e. The summed E-state index contributed by atoms with van der Waals surface area (Å²) in [6.07, 6.45) is 4.14. The normalized spacial score (nSPS) is 17.4. The van der Waals surface area contributed by atoms with Crippen LogP contribution < -0.4 is 4.90 Å². The van der Waals surface area contributed by atoms with E-state index in [0.29, 0.717) is 18.7 Å². The quantitative estimate of drug-likeness (QED) is 0.583. The molecule has 0 spiro atoms. The van der Waals surface area contributed by atoms with Gasteiger partial charge in [-0.3, -0.25) is 4.79 Å². The van der Waals surface area contributed by atoms with Crippen LogP contribution >= 0.6 is 0 Å². The van der Waals surface area contributed by atoms with Crippen LogP contribution in [0.25, 0.3) is 5.69 Å². The second-order valence-corrected chi connectivity index (χ2v) is 8.40. The van der Waals surface area contributed by atoms with E-state index in [-0.39, 0.29) is 11.8 Å². The summed E-state index contributed by atoms with van der Waals surface area (Å²) in [5.41, 5.74) is 2.56. The van der Waals surface area contributed by atoms with Crippen molar-refractivity contribution in [3.05, 3.63) is 53.7 Å². The van der Waals surface area contributed by atoms with E-state index in [2.05, 4.69) is 33.4 Å². The summed E-state index contributed by atoms with van der Waals surface area (Å²) >= 11 is 0. The molecule has 2 aromatic heterocycles. The topological polar surface area (TPSA) is 102 Å². The highest BCUT2D eigenvalue weighted by molar-refractivity contribution is 5.94. The van der Waals surface area contributed by atoms with E-state index < -0.39 is 0 Å². The average Bonchev–Trinajstić information content (AvgIpc) is 3.44. The molecule has 0 saturated carbocycles. The van der Waals surface area contributed by atoms with Gasteiger partial charge in [0.25, 0.3) is 5.91 Å². The molecular formula is C23H28N8O2. The molecule has 0 aliphatic carbocycles. The Labute approximate surface area is 192 Å². The molecule has 0 N–H and O–H groups in total. The van der Waals surface area contributed by atoms with Crippen LogP contribution in [-0.4, -0.2) is 80.4 Å². The Hall–Kier alpha value is -3.40. The van der Waals surface area contributed by atoms with Crippen LogP contribution in [0.3, 0.4) is 0 Å². The van der Waals surface area contributed by atoms with Crippen LogP contribution in [0, 0.1) is 0 Å². The fourth-order valence-corrected chi connectivity index (χ4v) is 4.38. The molecular weight excluding hydrogens is 420 g/mol. The van der Waals surface area contributed by atoms with Gasteiger partial charge in [-0.1, -0.05) is 6.92 Å². The Bertz CT molecular complexity index is 1070. The Balaban J connectivity index is 1.24. The molecule has 2 saturated heterocycles. The molecule has 0 radical (unpaired) electrons. The van der Waals surface area contributed by atoms with Crippen molar-refractivity contribution in [1.82, 2.24) is 35.1 Å². The molecule has 2 aliphatic heterocycles. The van der Waals surface area contributed by atoms with E-state index in [9.17, 15) is 4.79 Å². The number of carbonyl (C=O) groups excluding carboxylic acids is 1. The molecule has 1 amide bonds. The SMILES string of the molecule is CCc1cc(N2CCOCC2)nc(C2CCN(C(=O)c3ccc(-n4cnnn4)cc3)CC2)n1. The number of carbonyl (C=O) groups is 1. The van der Waals surface area contributed by atoms with Crippen LogP contribution in [0.1, 0.15) is 47.6 Å². The van der Waals surface area contributed by atoms with Gasteiger partial charge >= 0.3 is 0 Å². The van der Waals surface area contributed by atoms with Crippen molar-refractivity contribution in [3.63, 3.8) is 0 Å². The summed E-state index contributed by atoms with van der Waals surface area (Å²) in [5.74, 6) is 2.23. The maximum Gasteiger partial charge on any atom is 0.253 e. The number of hydrogen-bond donors (Lipinski definition) is 0. The highest BCUT2D eigenvalue weighted by atomic mass is 16.5. The standard InChI is InChI=1S/C23H28N8O2/c1-2-19-15-21(29-11-13-33-14-12-29)26-22(25-19)17-7-9-30(10-8-17)23(32)18-3-5-20(6-4-18)31-16-24-27-28-31/h3-6,15-17H,2,7-14H2,1H3. The fraction of sp³-hybridized carbons (Fsp3) is 0.478. The van der Waals surface area contributed by atoms with Gasteiger partial charge in [0.05, 0.1) is 18.9 Å². The summed E-state index contributed by atoms with van der Waals surface area (Å²) in [6, 6.07) is 9.47. The van der Waals surface area contributed by atoms with Gasteiger partial charge in [-0.2, -0.15) is 0 Å². The predicted octanol–water partition coefficient (Wildman–Crippen LogP) is 1.87. The van der Waals surface area contributed by atoms with Gasteiger partial charge in [-0.25, -0.2) is 14.6 Å². The second-order valence-electron chi connectivity index (χ2n) is 8.40. The molecule has 5 rings (SSSR count). The van der Waals surface area contributed by atoms with E-state index in [4.69, 9.17) is 14.7 Å². The van der Waals surface area contributed by atoms with Crippen molar-refractivity contribution in [3.8, 4) is 5.69 Å². The number of ether oxygens (including phenoxy) is 1. The number of anilines is 1. The van der Waals surface area contributed by atoms with Crippen molar-refractivity contribution in [2.24, 2.45) is 0 Å². The third-order valence-electron chi connectivity index (χ3n) is 6.36. The first kappa shape index (κ1) is 21.4. The lowest BCUT2D eigenvalue weighted by Crippen LogP contribution is -2.39. The van der Waals surface area contributed by atoms with Crippen LogP contribution in [-0.2, 0) is 11.2 Å². The highest BCUT2D eigenvalue weighted by Crippen LogP contribution is 2.28. The zero-order valence-corrected chi connectivity index (χ0v) is 18.8. The van der Waals surface area contributed by atoms with Crippen molar-refractivity contribution in [1.29, 1.82) is 0 Å². The molecule has 2 fully saturated rings. The van der Waals surface area contributed by atoms with E-state index >= 15 is 0 Å². The minimum Gasteiger partial charge on any atom is -0.378 e. The number of benzene rings is 1. The van der Waals surface area contributed by atoms with Crippen molar-refractivity contribution < 1.29 is 9.53 Å². The lowest BCUT2D eigenvalue weighted by atomic mass is 9.95. The molecule has 10 heteroatoms. The van der Waals surface area contributed by atoms with E-state index in [0.717, 1.165) is 68.6 Å². The molecule has 0 bridgehead atoms. The fourth-order valence-electron chi connectivity index (χ4n) is 4.38. The van der Waals surface area contributed by atoms with Gasteiger partial charge < -0.3 is 14.5 Å². The van der Waals surface area contributed by atoms with E-state index in [1.807, 2.05) is 29.2 Å². The van der Waals surface area contributed by atoms with E-state index in [1.54, 1.807) is 4.68 Å². The summed E-state index contributed by atoms with van der Waals surface area (Å²) < 4.78 is 7.05. The monoisotopic (exact) mass is 448 g/mol. The first-order valence-corrected chi connectivity index (χ1v) is 11.5. The summed E-state index contributed by atoms with van der Waals surface area (Å²) in [7, 11) is 0. The smallest absolute Gasteiger partial charge is 0.253 e. The number of tetrazole rings is 1. The average molecular weight is 449 g/mol. The van der Waals surface area contributed by atoms with Crippen LogP contribution in [0.15, 0.2) is 36.7 Å². The lowest BCUT2D eigenvalue weighted by Gasteiger charge is -2.32. The molecule has 10 nitrogen and oxygen atoms in total. The number of nitrogens with zero attached hydrogens (tertiary/aromatic N) is 8. The van der Waals surface area contributed by atoms with Crippen LogP contribution in [0.4, 0.5) is 5.82 Å². The number of piperidine rings is 1. The van der Waals surface area contributed by atoms with Gasteiger partial charge in [-0.15, -0.1) is 5.10 Å². The third-order valence-corrected chi connectivity index (χ3v) is 6.36. The number of aryl methyl sites for hydroxylation is 1. The third kappa shape index (κ3) is 4.70. The molecule has 0 unspecified atom stereocenters. The van der Waals surface area contributed by atoms with Gasteiger partial charge in [0.15, 0.2) is 0 Å². The van der Waals surface area contributed by atoms with Gasteiger partial charge in [0.1, 0.15) is 18.0 Å². The number of morpholine rings is 1. The summed E-state index contributed by atoms with van der Waals surface area (Å²) in [4.78, 5) is 27.0. The zero-order valence-electron chi connectivity index (χ0n) is 18.8. The molecule has 1 aromatic carbocycles. The molecule has 172 valence electrons. The minimum absolute atomic E-state index is 0.0500. The predicted molar refractivity (Wildman–Crippen MR) is 121 cm³/mol.